The standard InChI is InChI=1S/C23H22N6O2S/c1-16(30)25-9-2-3-17-4-6-18(7-5-17)21-14-32-23(27-21)28-22(31)20-13-19(8-10-26-20)29-12-11-24-15-29/h4-8,10-15H,2-3,9H2,1H3,(H,25,30)(H,27,28,31). The molecule has 32 heavy (non-hydrogen) atoms. The zero-order valence-electron chi connectivity index (χ0n) is 17.5. The molecule has 3 heterocycles. The molecule has 3 aromatic heterocycles. The van der Waals surface area contributed by atoms with E-state index in [0.29, 0.717) is 17.4 Å². The van der Waals surface area contributed by atoms with Gasteiger partial charge in [-0.05, 0) is 30.5 Å². The van der Waals surface area contributed by atoms with Crippen LogP contribution in [0.1, 0.15) is 29.4 Å². The number of benzene rings is 1. The van der Waals surface area contributed by atoms with Gasteiger partial charge in [0.25, 0.3) is 5.91 Å². The highest BCUT2D eigenvalue weighted by Gasteiger charge is 2.12. The molecular formula is C23H22N6O2S. The molecule has 0 bridgehead atoms. The molecule has 0 saturated carbocycles. The van der Waals surface area contributed by atoms with Gasteiger partial charge in [-0.3, -0.25) is 19.9 Å². The molecule has 162 valence electrons. The number of anilines is 1. The summed E-state index contributed by atoms with van der Waals surface area (Å²) in [5, 5.41) is 8.05. The van der Waals surface area contributed by atoms with Crippen molar-refractivity contribution >= 4 is 28.3 Å². The van der Waals surface area contributed by atoms with Crippen LogP contribution in [0.3, 0.4) is 0 Å². The maximum absolute atomic E-state index is 12.6. The smallest absolute Gasteiger partial charge is 0.276 e. The van der Waals surface area contributed by atoms with Gasteiger partial charge in [-0.1, -0.05) is 24.3 Å². The highest BCUT2D eigenvalue weighted by atomic mass is 32.1. The van der Waals surface area contributed by atoms with E-state index in [-0.39, 0.29) is 11.8 Å². The first-order valence-electron chi connectivity index (χ1n) is 10.1. The van der Waals surface area contributed by atoms with Gasteiger partial charge in [-0.25, -0.2) is 9.97 Å². The molecule has 2 amide bonds. The number of thiazole rings is 1. The number of carbonyl (C=O) groups excluding carboxylic acids is 2. The summed E-state index contributed by atoms with van der Waals surface area (Å²) in [5.41, 5.74) is 4.09. The van der Waals surface area contributed by atoms with Crippen molar-refractivity contribution in [3.05, 3.63) is 78.0 Å². The van der Waals surface area contributed by atoms with Crippen LogP contribution in [0.5, 0.6) is 0 Å². The molecule has 0 fully saturated rings. The third-order valence-electron chi connectivity index (χ3n) is 4.77. The van der Waals surface area contributed by atoms with E-state index in [1.165, 1.54) is 23.8 Å². The van der Waals surface area contributed by atoms with Gasteiger partial charge < -0.3 is 9.88 Å². The first-order valence-corrected chi connectivity index (χ1v) is 11.0. The maximum atomic E-state index is 12.6. The van der Waals surface area contributed by atoms with Crippen LogP contribution in [-0.2, 0) is 11.2 Å². The average Bonchev–Trinajstić information content (AvgIpc) is 3.50. The number of aryl methyl sites for hydroxylation is 1. The summed E-state index contributed by atoms with van der Waals surface area (Å²) in [7, 11) is 0. The monoisotopic (exact) mass is 446 g/mol. The van der Waals surface area contributed by atoms with Crippen molar-refractivity contribution in [2.75, 3.05) is 11.9 Å². The number of hydrogen-bond donors (Lipinski definition) is 2. The van der Waals surface area contributed by atoms with E-state index < -0.39 is 0 Å². The zero-order chi connectivity index (χ0) is 22.3. The van der Waals surface area contributed by atoms with Gasteiger partial charge in [0, 0.05) is 43.0 Å². The van der Waals surface area contributed by atoms with E-state index in [1.54, 1.807) is 31.0 Å². The van der Waals surface area contributed by atoms with E-state index in [1.807, 2.05) is 28.1 Å². The lowest BCUT2D eigenvalue weighted by atomic mass is 10.1. The summed E-state index contributed by atoms with van der Waals surface area (Å²) >= 11 is 1.37. The van der Waals surface area contributed by atoms with Crippen LogP contribution in [0.25, 0.3) is 16.9 Å². The minimum absolute atomic E-state index is 0.00605. The molecule has 4 aromatic rings. The van der Waals surface area contributed by atoms with Gasteiger partial charge in [0.2, 0.25) is 5.91 Å². The number of nitrogens with one attached hydrogen (secondary N) is 2. The van der Waals surface area contributed by atoms with Crippen LogP contribution in [0.15, 0.2) is 66.7 Å². The Morgan fingerprint density at radius 1 is 1.12 bits per heavy atom. The minimum atomic E-state index is -0.317. The summed E-state index contributed by atoms with van der Waals surface area (Å²) in [6.45, 7) is 2.20. The molecule has 4 rings (SSSR count). The first-order chi connectivity index (χ1) is 15.6. The maximum Gasteiger partial charge on any atom is 0.276 e. The fourth-order valence-corrected chi connectivity index (χ4v) is 3.85. The Morgan fingerprint density at radius 3 is 2.72 bits per heavy atom. The lowest BCUT2D eigenvalue weighted by molar-refractivity contribution is -0.118. The van der Waals surface area contributed by atoms with Crippen LogP contribution in [0, 0.1) is 0 Å². The average molecular weight is 447 g/mol. The van der Waals surface area contributed by atoms with Crippen molar-refractivity contribution in [3.8, 4) is 16.9 Å². The van der Waals surface area contributed by atoms with Gasteiger partial charge in [0.1, 0.15) is 5.69 Å². The molecule has 0 aliphatic carbocycles. The van der Waals surface area contributed by atoms with Gasteiger partial charge in [0.05, 0.1) is 17.7 Å². The number of aromatic nitrogens is 4. The summed E-state index contributed by atoms with van der Waals surface area (Å²) in [6.07, 6.45) is 8.52. The molecule has 0 spiro atoms. The highest BCUT2D eigenvalue weighted by Crippen LogP contribution is 2.25. The third-order valence-corrected chi connectivity index (χ3v) is 5.53. The van der Waals surface area contributed by atoms with Gasteiger partial charge in [-0.2, -0.15) is 0 Å². The van der Waals surface area contributed by atoms with Gasteiger partial charge in [-0.15, -0.1) is 11.3 Å². The van der Waals surface area contributed by atoms with Crippen molar-refractivity contribution in [3.63, 3.8) is 0 Å². The van der Waals surface area contributed by atoms with E-state index in [0.717, 1.165) is 29.8 Å². The molecule has 9 heteroatoms. The molecule has 0 atom stereocenters. The largest absolute Gasteiger partial charge is 0.356 e. The molecule has 2 N–H and O–H groups in total. The van der Waals surface area contributed by atoms with Crippen molar-refractivity contribution < 1.29 is 9.59 Å². The molecule has 0 unspecified atom stereocenters. The lowest BCUT2D eigenvalue weighted by Crippen LogP contribution is -2.21. The van der Waals surface area contributed by atoms with Crippen LogP contribution in [0.4, 0.5) is 5.13 Å². The predicted octanol–water partition coefficient (Wildman–Crippen LogP) is 3.71. The van der Waals surface area contributed by atoms with Crippen molar-refractivity contribution in [2.45, 2.75) is 19.8 Å². The quantitative estimate of drug-likeness (QED) is 0.402. The molecule has 0 saturated heterocycles. The molecule has 1 aromatic carbocycles. The minimum Gasteiger partial charge on any atom is -0.356 e. The highest BCUT2D eigenvalue weighted by molar-refractivity contribution is 7.14. The third kappa shape index (κ3) is 5.44. The fourth-order valence-electron chi connectivity index (χ4n) is 3.14. The number of amides is 2. The number of hydrogen-bond acceptors (Lipinski definition) is 6. The van der Waals surface area contributed by atoms with Crippen LogP contribution >= 0.6 is 11.3 Å². The van der Waals surface area contributed by atoms with Crippen LogP contribution in [0.2, 0.25) is 0 Å². The van der Waals surface area contributed by atoms with Crippen molar-refractivity contribution in [1.29, 1.82) is 0 Å². The fraction of sp³-hybridized carbons (Fsp3) is 0.174. The number of carbonyl (C=O) groups is 2. The Balaban J connectivity index is 1.37. The Morgan fingerprint density at radius 2 is 1.97 bits per heavy atom. The Hall–Kier alpha value is -3.85. The van der Waals surface area contributed by atoms with Gasteiger partial charge in [0.15, 0.2) is 5.13 Å². The number of imidazole rings is 1. The van der Waals surface area contributed by atoms with E-state index >= 15 is 0 Å². The summed E-state index contributed by atoms with van der Waals surface area (Å²) in [6, 6.07) is 11.7. The first kappa shape index (κ1) is 21.4. The second kappa shape index (κ2) is 9.97. The molecule has 0 aliphatic rings. The predicted molar refractivity (Wildman–Crippen MR) is 124 cm³/mol. The summed E-state index contributed by atoms with van der Waals surface area (Å²) in [5.74, 6) is -0.323. The van der Waals surface area contributed by atoms with E-state index in [9.17, 15) is 9.59 Å². The van der Waals surface area contributed by atoms with Crippen LogP contribution in [-0.4, -0.2) is 37.9 Å². The molecule has 8 nitrogen and oxygen atoms in total. The number of pyridine rings is 1. The normalized spacial score (nSPS) is 10.7. The van der Waals surface area contributed by atoms with Crippen LogP contribution < -0.4 is 10.6 Å². The second-order valence-electron chi connectivity index (χ2n) is 7.14. The Bertz CT molecular complexity index is 1200. The van der Waals surface area contributed by atoms with E-state index in [2.05, 4.69) is 37.7 Å². The molecule has 0 radical (unpaired) electrons. The molecular weight excluding hydrogens is 424 g/mol. The van der Waals surface area contributed by atoms with E-state index in [4.69, 9.17) is 0 Å². The van der Waals surface area contributed by atoms with Gasteiger partial charge >= 0.3 is 0 Å². The second-order valence-corrected chi connectivity index (χ2v) is 8.00. The SMILES string of the molecule is CC(=O)NCCCc1ccc(-c2csc(NC(=O)c3cc(-n4ccnc4)ccn3)n2)cc1. The lowest BCUT2D eigenvalue weighted by Gasteiger charge is -2.05. The Labute approximate surface area is 189 Å². The summed E-state index contributed by atoms with van der Waals surface area (Å²) in [4.78, 5) is 36.3. The number of rotatable bonds is 8. The van der Waals surface area contributed by atoms with Crippen molar-refractivity contribution in [1.82, 2.24) is 24.8 Å². The number of nitrogens with zero attached hydrogens (tertiary/aromatic N) is 4. The Kier molecular flexibility index (Phi) is 6.66. The van der Waals surface area contributed by atoms with Crippen molar-refractivity contribution in [2.24, 2.45) is 0 Å². The molecule has 0 aliphatic heterocycles. The topological polar surface area (TPSA) is 102 Å². The zero-order valence-corrected chi connectivity index (χ0v) is 18.3. The summed E-state index contributed by atoms with van der Waals surface area (Å²) < 4.78 is 1.81.